The highest BCUT2D eigenvalue weighted by Crippen LogP contribution is 2.15. The van der Waals surface area contributed by atoms with E-state index >= 15 is 0 Å². The normalized spacial score (nSPS) is 9.89. The maximum atomic E-state index is 11.0. The minimum absolute atomic E-state index is 0.00599. The van der Waals surface area contributed by atoms with Gasteiger partial charge in [0.05, 0.1) is 6.42 Å². The van der Waals surface area contributed by atoms with E-state index in [0.29, 0.717) is 12.4 Å². The Hall–Kier alpha value is -2.49. The first kappa shape index (κ1) is 13.0. The Morgan fingerprint density at radius 2 is 1.74 bits per heavy atom. The summed E-state index contributed by atoms with van der Waals surface area (Å²) in [5, 5.41) is 2.38. The average Bonchev–Trinajstić information content (AvgIpc) is 2.46. The Bertz CT molecular complexity index is 567. The number of rotatable bonds is 5. The second-order valence-corrected chi connectivity index (χ2v) is 4.08. The fourth-order valence-electron chi connectivity index (χ4n) is 1.69. The van der Waals surface area contributed by atoms with Gasteiger partial charge in [0.25, 0.3) is 5.91 Å². The van der Waals surface area contributed by atoms with E-state index < -0.39 is 5.91 Å². The van der Waals surface area contributed by atoms with Gasteiger partial charge in [0, 0.05) is 5.18 Å². The molecule has 0 unspecified atom stereocenters. The van der Waals surface area contributed by atoms with Crippen LogP contribution in [0.5, 0.6) is 5.75 Å². The van der Waals surface area contributed by atoms with Gasteiger partial charge in [-0.2, -0.15) is 0 Å². The summed E-state index contributed by atoms with van der Waals surface area (Å²) < 4.78 is 5.63. The monoisotopic (exact) mass is 255 g/mol. The summed E-state index contributed by atoms with van der Waals surface area (Å²) in [7, 11) is 0. The molecule has 0 aliphatic carbocycles. The summed E-state index contributed by atoms with van der Waals surface area (Å²) in [4.78, 5) is 21.0. The number of carbonyl (C=O) groups excluding carboxylic acids is 1. The molecule has 2 aromatic rings. The molecular formula is C15H13NO3. The number of carbonyl (C=O) groups is 1. The highest BCUT2D eigenvalue weighted by atomic mass is 16.5. The second kappa shape index (κ2) is 6.44. The number of hydrogen-bond donors (Lipinski definition) is 0. The minimum Gasteiger partial charge on any atom is -0.489 e. The Kier molecular flexibility index (Phi) is 4.39. The van der Waals surface area contributed by atoms with Gasteiger partial charge in [-0.05, 0) is 23.3 Å². The van der Waals surface area contributed by atoms with Crippen molar-refractivity contribution >= 4 is 5.91 Å². The summed E-state index contributed by atoms with van der Waals surface area (Å²) in [5.74, 6) is -0.0136. The molecule has 0 bridgehead atoms. The lowest BCUT2D eigenvalue weighted by molar-refractivity contribution is -0.117. The molecule has 2 rings (SSSR count). The van der Waals surface area contributed by atoms with Gasteiger partial charge in [-0.25, -0.2) is 0 Å². The van der Waals surface area contributed by atoms with E-state index in [4.69, 9.17) is 4.74 Å². The number of nitroso groups, excluding NO2 is 1. The van der Waals surface area contributed by atoms with E-state index in [2.05, 4.69) is 5.18 Å². The molecule has 0 atom stereocenters. The molecule has 0 N–H and O–H groups in total. The van der Waals surface area contributed by atoms with Crippen molar-refractivity contribution in [3.05, 3.63) is 70.6 Å². The molecule has 0 saturated carbocycles. The molecule has 0 aromatic heterocycles. The molecule has 0 saturated heterocycles. The van der Waals surface area contributed by atoms with E-state index in [1.807, 2.05) is 36.4 Å². The topological polar surface area (TPSA) is 55.7 Å². The van der Waals surface area contributed by atoms with Gasteiger partial charge in [-0.3, -0.25) is 4.79 Å². The summed E-state index contributed by atoms with van der Waals surface area (Å²) >= 11 is 0. The van der Waals surface area contributed by atoms with E-state index in [0.717, 1.165) is 11.1 Å². The van der Waals surface area contributed by atoms with Crippen LogP contribution >= 0.6 is 0 Å². The van der Waals surface area contributed by atoms with Crippen LogP contribution < -0.4 is 4.74 Å². The van der Waals surface area contributed by atoms with Crippen LogP contribution in [-0.4, -0.2) is 5.91 Å². The van der Waals surface area contributed by atoms with Crippen molar-refractivity contribution in [2.45, 2.75) is 13.0 Å². The summed E-state index contributed by atoms with van der Waals surface area (Å²) in [6.07, 6.45) is 0.00599. The SMILES string of the molecule is O=NC(=O)Cc1cccc(OCc2ccccc2)c1. The van der Waals surface area contributed by atoms with Crippen LogP contribution in [-0.2, 0) is 17.8 Å². The Morgan fingerprint density at radius 1 is 1.00 bits per heavy atom. The average molecular weight is 255 g/mol. The lowest BCUT2D eigenvalue weighted by atomic mass is 10.1. The predicted octanol–water partition coefficient (Wildman–Crippen LogP) is 3.10. The molecule has 2 aromatic carbocycles. The summed E-state index contributed by atoms with van der Waals surface area (Å²) in [6.45, 7) is 0.462. The van der Waals surface area contributed by atoms with Crippen LogP contribution in [0.3, 0.4) is 0 Å². The lowest BCUT2D eigenvalue weighted by Crippen LogP contribution is -1.99. The first-order valence-electron chi connectivity index (χ1n) is 5.90. The Morgan fingerprint density at radius 3 is 2.47 bits per heavy atom. The van der Waals surface area contributed by atoms with Crippen molar-refractivity contribution in [3.8, 4) is 5.75 Å². The third kappa shape index (κ3) is 4.03. The van der Waals surface area contributed by atoms with Gasteiger partial charge in [0.1, 0.15) is 12.4 Å². The molecule has 0 radical (unpaired) electrons. The van der Waals surface area contributed by atoms with Crippen molar-refractivity contribution < 1.29 is 9.53 Å². The molecule has 0 heterocycles. The molecule has 96 valence electrons. The van der Waals surface area contributed by atoms with Crippen LogP contribution in [0, 0.1) is 4.91 Å². The van der Waals surface area contributed by atoms with E-state index in [1.165, 1.54) is 0 Å². The Labute approximate surface area is 111 Å². The number of hydrogen-bond acceptors (Lipinski definition) is 3. The Balaban J connectivity index is 1.99. The molecular weight excluding hydrogens is 242 g/mol. The zero-order chi connectivity index (χ0) is 13.5. The minimum atomic E-state index is -0.680. The summed E-state index contributed by atoms with van der Waals surface area (Å²) in [5.41, 5.74) is 1.79. The van der Waals surface area contributed by atoms with E-state index in [-0.39, 0.29) is 6.42 Å². The number of ether oxygens (including phenoxy) is 1. The van der Waals surface area contributed by atoms with E-state index in [1.54, 1.807) is 18.2 Å². The maximum absolute atomic E-state index is 11.0. The standard InChI is InChI=1S/C15H13NO3/c17-15(16-18)10-13-7-4-8-14(9-13)19-11-12-5-2-1-3-6-12/h1-9H,10-11H2. The van der Waals surface area contributed by atoms with Crippen molar-refractivity contribution in [2.75, 3.05) is 0 Å². The molecule has 1 amide bonds. The summed E-state index contributed by atoms with van der Waals surface area (Å²) in [6, 6.07) is 16.9. The van der Waals surface area contributed by atoms with Gasteiger partial charge in [0.2, 0.25) is 0 Å². The van der Waals surface area contributed by atoms with Crippen molar-refractivity contribution in [1.82, 2.24) is 0 Å². The first-order valence-corrected chi connectivity index (χ1v) is 5.90. The van der Waals surface area contributed by atoms with Gasteiger partial charge in [-0.15, -0.1) is 4.91 Å². The van der Waals surface area contributed by atoms with Gasteiger partial charge < -0.3 is 4.74 Å². The first-order chi connectivity index (χ1) is 9.28. The quantitative estimate of drug-likeness (QED) is 0.771. The molecule has 4 nitrogen and oxygen atoms in total. The van der Waals surface area contributed by atoms with Gasteiger partial charge in [-0.1, -0.05) is 42.5 Å². The largest absolute Gasteiger partial charge is 0.489 e. The number of amides is 1. The van der Waals surface area contributed by atoms with Crippen molar-refractivity contribution in [2.24, 2.45) is 5.18 Å². The highest BCUT2D eigenvalue weighted by molar-refractivity contribution is 5.79. The van der Waals surface area contributed by atoms with Crippen LogP contribution in [0.4, 0.5) is 0 Å². The van der Waals surface area contributed by atoms with Crippen LogP contribution in [0.25, 0.3) is 0 Å². The van der Waals surface area contributed by atoms with Crippen LogP contribution in [0.2, 0.25) is 0 Å². The van der Waals surface area contributed by atoms with Crippen LogP contribution in [0.1, 0.15) is 11.1 Å². The molecule has 0 aliphatic rings. The fourth-order valence-corrected chi connectivity index (χ4v) is 1.69. The van der Waals surface area contributed by atoms with Gasteiger partial charge >= 0.3 is 0 Å². The van der Waals surface area contributed by atoms with Crippen molar-refractivity contribution in [1.29, 1.82) is 0 Å². The highest BCUT2D eigenvalue weighted by Gasteiger charge is 2.04. The second-order valence-electron chi connectivity index (χ2n) is 4.08. The third-order valence-corrected chi connectivity index (χ3v) is 2.60. The molecule has 0 fully saturated rings. The molecule has 0 aliphatic heterocycles. The zero-order valence-corrected chi connectivity index (χ0v) is 10.3. The smallest absolute Gasteiger partial charge is 0.290 e. The van der Waals surface area contributed by atoms with Crippen molar-refractivity contribution in [3.63, 3.8) is 0 Å². The molecule has 19 heavy (non-hydrogen) atoms. The fraction of sp³-hybridized carbons (Fsp3) is 0.133. The number of nitrogens with zero attached hydrogens (tertiary/aromatic N) is 1. The van der Waals surface area contributed by atoms with Gasteiger partial charge in [0.15, 0.2) is 0 Å². The molecule has 4 heteroatoms. The number of benzene rings is 2. The third-order valence-electron chi connectivity index (χ3n) is 2.60. The lowest BCUT2D eigenvalue weighted by Gasteiger charge is -2.07. The van der Waals surface area contributed by atoms with Crippen LogP contribution in [0.15, 0.2) is 59.8 Å². The predicted molar refractivity (Wildman–Crippen MR) is 71.7 cm³/mol. The maximum Gasteiger partial charge on any atom is 0.290 e. The molecule has 0 spiro atoms. The van der Waals surface area contributed by atoms with E-state index in [9.17, 15) is 9.70 Å². The zero-order valence-electron chi connectivity index (χ0n) is 10.3.